The molecule has 0 aliphatic heterocycles. The van der Waals surface area contributed by atoms with Crippen LogP contribution in [0.1, 0.15) is 32.3 Å². The van der Waals surface area contributed by atoms with Crippen LogP contribution in [0.15, 0.2) is 24.3 Å². The van der Waals surface area contributed by atoms with Gasteiger partial charge >= 0.3 is 0 Å². The van der Waals surface area contributed by atoms with E-state index >= 15 is 0 Å². The van der Waals surface area contributed by atoms with Crippen LogP contribution < -0.4 is 10.1 Å². The van der Waals surface area contributed by atoms with Crippen molar-refractivity contribution < 1.29 is 4.74 Å². The van der Waals surface area contributed by atoms with Gasteiger partial charge in [0.2, 0.25) is 0 Å². The first-order valence-corrected chi connectivity index (χ1v) is 6.16. The molecule has 0 aliphatic rings. The second-order valence-electron chi connectivity index (χ2n) is 4.17. The number of rotatable bonds is 7. The molecule has 16 heavy (non-hydrogen) atoms. The largest absolute Gasteiger partial charge is 0.491 e. The Morgan fingerprint density at radius 3 is 2.50 bits per heavy atom. The third-order valence-corrected chi connectivity index (χ3v) is 2.71. The molecule has 2 heteroatoms. The molecule has 1 aromatic carbocycles. The summed E-state index contributed by atoms with van der Waals surface area (Å²) in [7, 11) is 1.98. The van der Waals surface area contributed by atoms with Crippen LogP contribution in [0.2, 0.25) is 0 Å². The van der Waals surface area contributed by atoms with E-state index in [9.17, 15) is 0 Å². The van der Waals surface area contributed by atoms with Crippen LogP contribution in [0.5, 0.6) is 5.75 Å². The molecule has 0 heterocycles. The van der Waals surface area contributed by atoms with E-state index in [1.54, 1.807) is 0 Å². The summed E-state index contributed by atoms with van der Waals surface area (Å²) in [5.74, 6) is 0.981. The maximum atomic E-state index is 5.83. The van der Waals surface area contributed by atoms with Crippen molar-refractivity contribution in [2.75, 3.05) is 13.6 Å². The van der Waals surface area contributed by atoms with E-state index in [-0.39, 0.29) is 0 Å². The topological polar surface area (TPSA) is 21.3 Å². The van der Waals surface area contributed by atoms with Crippen molar-refractivity contribution in [2.45, 2.75) is 39.2 Å². The van der Waals surface area contributed by atoms with Crippen LogP contribution in [-0.2, 0) is 6.42 Å². The van der Waals surface area contributed by atoms with Gasteiger partial charge in [-0.2, -0.15) is 0 Å². The molecule has 0 spiro atoms. The van der Waals surface area contributed by atoms with E-state index in [2.05, 4.69) is 43.4 Å². The summed E-state index contributed by atoms with van der Waals surface area (Å²) in [6.07, 6.45) is 3.62. The standard InChI is InChI=1S/C14H23NO/c1-4-13-7-9-14(10-8-13)16-12(2)6-5-11-15-3/h7-10,12,15H,4-6,11H2,1-3H3. The summed E-state index contributed by atoms with van der Waals surface area (Å²) >= 11 is 0. The lowest BCUT2D eigenvalue weighted by Crippen LogP contribution is -2.15. The first kappa shape index (κ1) is 13.0. The molecule has 0 saturated carbocycles. The van der Waals surface area contributed by atoms with Crippen molar-refractivity contribution in [1.82, 2.24) is 5.32 Å². The number of hydrogen-bond acceptors (Lipinski definition) is 2. The van der Waals surface area contributed by atoms with Gasteiger partial charge in [0.05, 0.1) is 6.10 Å². The molecular formula is C14H23NO. The fourth-order valence-corrected chi connectivity index (χ4v) is 1.66. The normalized spacial score (nSPS) is 12.4. The van der Waals surface area contributed by atoms with Gasteiger partial charge in [0.1, 0.15) is 5.75 Å². The number of hydrogen-bond donors (Lipinski definition) is 1. The Morgan fingerprint density at radius 1 is 1.25 bits per heavy atom. The number of aryl methyl sites for hydroxylation is 1. The SMILES string of the molecule is CCc1ccc(OC(C)CCCNC)cc1. The maximum Gasteiger partial charge on any atom is 0.119 e. The first-order valence-electron chi connectivity index (χ1n) is 6.16. The van der Waals surface area contributed by atoms with Crippen molar-refractivity contribution in [1.29, 1.82) is 0 Å². The van der Waals surface area contributed by atoms with E-state index in [0.717, 1.165) is 31.6 Å². The highest BCUT2D eigenvalue weighted by Gasteiger charge is 2.03. The molecule has 1 N–H and O–H groups in total. The zero-order valence-corrected chi connectivity index (χ0v) is 10.6. The highest BCUT2D eigenvalue weighted by Crippen LogP contribution is 2.15. The van der Waals surface area contributed by atoms with Crippen molar-refractivity contribution in [3.8, 4) is 5.75 Å². The second-order valence-corrected chi connectivity index (χ2v) is 4.17. The van der Waals surface area contributed by atoms with Crippen molar-refractivity contribution in [3.63, 3.8) is 0 Å². The second kappa shape index (κ2) is 7.29. The number of nitrogens with one attached hydrogen (secondary N) is 1. The minimum absolute atomic E-state index is 0.292. The van der Waals surface area contributed by atoms with Gasteiger partial charge in [-0.05, 0) is 57.5 Å². The molecule has 0 radical (unpaired) electrons. The lowest BCUT2D eigenvalue weighted by molar-refractivity contribution is 0.208. The molecule has 0 saturated heterocycles. The highest BCUT2D eigenvalue weighted by atomic mass is 16.5. The van der Waals surface area contributed by atoms with Gasteiger partial charge in [0, 0.05) is 0 Å². The van der Waals surface area contributed by atoms with Gasteiger partial charge in [-0.3, -0.25) is 0 Å². The first-order chi connectivity index (χ1) is 7.76. The third kappa shape index (κ3) is 4.67. The van der Waals surface area contributed by atoms with Crippen molar-refractivity contribution >= 4 is 0 Å². The summed E-state index contributed by atoms with van der Waals surface area (Å²) in [5, 5.41) is 3.15. The molecular weight excluding hydrogens is 198 g/mol. The van der Waals surface area contributed by atoms with Crippen LogP contribution >= 0.6 is 0 Å². The Kier molecular flexibility index (Phi) is 5.94. The molecule has 1 aromatic rings. The van der Waals surface area contributed by atoms with E-state index in [1.165, 1.54) is 5.56 Å². The molecule has 1 unspecified atom stereocenters. The van der Waals surface area contributed by atoms with Crippen LogP contribution in [0, 0.1) is 0 Å². The molecule has 0 bridgehead atoms. The molecule has 0 fully saturated rings. The van der Waals surface area contributed by atoms with Crippen LogP contribution in [0.4, 0.5) is 0 Å². The number of benzene rings is 1. The molecule has 1 atom stereocenters. The maximum absolute atomic E-state index is 5.83. The van der Waals surface area contributed by atoms with Crippen LogP contribution in [-0.4, -0.2) is 19.7 Å². The summed E-state index contributed by atoms with van der Waals surface area (Å²) < 4.78 is 5.83. The molecule has 2 nitrogen and oxygen atoms in total. The Labute approximate surface area is 99.0 Å². The lowest BCUT2D eigenvalue weighted by atomic mass is 10.1. The van der Waals surface area contributed by atoms with Gasteiger partial charge in [-0.15, -0.1) is 0 Å². The Morgan fingerprint density at radius 2 is 1.94 bits per heavy atom. The monoisotopic (exact) mass is 221 g/mol. The average Bonchev–Trinajstić information content (AvgIpc) is 2.30. The predicted octanol–water partition coefficient (Wildman–Crippen LogP) is 3.02. The Balaban J connectivity index is 2.34. The minimum atomic E-state index is 0.292. The van der Waals surface area contributed by atoms with Gasteiger partial charge in [-0.25, -0.2) is 0 Å². The minimum Gasteiger partial charge on any atom is -0.491 e. The fourth-order valence-electron chi connectivity index (χ4n) is 1.66. The Bertz CT molecular complexity index is 281. The summed E-state index contributed by atoms with van der Waals surface area (Å²) in [6.45, 7) is 5.35. The predicted molar refractivity (Wildman–Crippen MR) is 69.1 cm³/mol. The van der Waals surface area contributed by atoms with Crippen LogP contribution in [0.3, 0.4) is 0 Å². The lowest BCUT2D eigenvalue weighted by Gasteiger charge is -2.14. The zero-order valence-electron chi connectivity index (χ0n) is 10.6. The van der Waals surface area contributed by atoms with E-state index in [0.29, 0.717) is 6.10 Å². The van der Waals surface area contributed by atoms with E-state index in [4.69, 9.17) is 4.74 Å². The molecule has 1 rings (SSSR count). The Hall–Kier alpha value is -1.02. The summed E-state index contributed by atoms with van der Waals surface area (Å²) in [6, 6.07) is 8.39. The molecule has 0 amide bonds. The van der Waals surface area contributed by atoms with E-state index in [1.807, 2.05) is 7.05 Å². The summed E-state index contributed by atoms with van der Waals surface area (Å²) in [5.41, 5.74) is 1.36. The van der Waals surface area contributed by atoms with Gasteiger partial charge < -0.3 is 10.1 Å². The smallest absolute Gasteiger partial charge is 0.119 e. The molecule has 0 aliphatic carbocycles. The fraction of sp³-hybridized carbons (Fsp3) is 0.571. The van der Waals surface area contributed by atoms with Gasteiger partial charge in [-0.1, -0.05) is 19.1 Å². The van der Waals surface area contributed by atoms with E-state index < -0.39 is 0 Å². The highest BCUT2D eigenvalue weighted by molar-refractivity contribution is 5.27. The van der Waals surface area contributed by atoms with Crippen molar-refractivity contribution in [3.05, 3.63) is 29.8 Å². The average molecular weight is 221 g/mol. The van der Waals surface area contributed by atoms with Crippen molar-refractivity contribution in [2.24, 2.45) is 0 Å². The molecule has 90 valence electrons. The number of ether oxygens (including phenoxy) is 1. The van der Waals surface area contributed by atoms with Crippen LogP contribution in [0.25, 0.3) is 0 Å². The quantitative estimate of drug-likeness (QED) is 0.715. The van der Waals surface area contributed by atoms with Gasteiger partial charge in [0.15, 0.2) is 0 Å². The summed E-state index contributed by atoms with van der Waals surface area (Å²) in [4.78, 5) is 0. The van der Waals surface area contributed by atoms with Gasteiger partial charge in [0.25, 0.3) is 0 Å². The third-order valence-electron chi connectivity index (χ3n) is 2.71. The molecule has 0 aromatic heterocycles. The zero-order chi connectivity index (χ0) is 11.8.